The fraction of sp³-hybridized carbons (Fsp3) is 0.143. The van der Waals surface area contributed by atoms with Gasteiger partial charge in [-0.3, -0.25) is 11.7 Å². The number of aryl methyl sites for hydroxylation is 1. The quantitative estimate of drug-likeness (QED) is 0.363. The molecular formula is C7H12N2O. The van der Waals surface area contributed by atoms with Crippen LogP contribution in [0.1, 0.15) is 5.56 Å². The van der Waals surface area contributed by atoms with Crippen LogP contribution in [-0.2, 0) is 0 Å². The van der Waals surface area contributed by atoms with Gasteiger partial charge in [-0.05, 0) is 24.6 Å². The van der Waals surface area contributed by atoms with Crippen LogP contribution in [0.15, 0.2) is 24.3 Å². The van der Waals surface area contributed by atoms with Crippen LogP contribution in [-0.4, -0.2) is 5.11 Å². The van der Waals surface area contributed by atoms with Crippen LogP contribution in [0, 0.1) is 6.92 Å². The van der Waals surface area contributed by atoms with E-state index in [4.69, 9.17) is 5.11 Å². The lowest BCUT2D eigenvalue weighted by Crippen LogP contribution is -2.02. The smallest absolute Gasteiger partial charge is 0.115 e. The number of benzene rings is 1. The Morgan fingerprint density at radius 3 is 2.20 bits per heavy atom. The van der Waals surface area contributed by atoms with E-state index in [0.717, 1.165) is 5.56 Å². The molecule has 0 aromatic heterocycles. The minimum atomic E-state index is 0.338. The van der Waals surface area contributed by atoms with Gasteiger partial charge in [-0.2, -0.15) is 0 Å². The highest BCUT2D eigenvalue weighted by molar-refractivity contribution is 5.25. The molecule has 0 unspecified atom stereocenters. The van der Waals surface area contributed by atoms with Gasteiger partial charge in [0.25, 0.3) is 0 Å². The van der Waals surface area contributed by atoms with Gasteiger partial charge in [0.15, 0.2) is 0 Å². The standard InChI is InChI=1S/C7H8O.H4N2/c1-6-3-2-4-7(8)5-6;1-2/h2-5,8H,1H3;1-2H2. The molecule has 1 rings (SSSR count). The van der Waals surface area contributed by atoms with Crippen LogP contribution in [0.2, 0.25) is 0 Å². The van der Waals surface area contributed by atoms with Gasteiger partial charge < -0.3 is 5.11 Å². The van der Waals surface area contributed by atoms with E-state index in [0.29, 0.717) is 5.75 Å². The molecule has 5 N–H and O–H groups in total. The number of hydrogen-bond acceptors (Lipinski definition) is 3. The van der Waals surface area contributed by atoms with E-state index in [1.54, 1.807) is 12.1 Å². The van der Waals surface area contributed by atoms with E-state index in [9.17, 15) is 0 Å². The monoisotopic (exact) mass is 140 g/mol. The maximum absolute atomic E-state index is 8.81. The lowest BCUT2D eigenvalue weighted by atomic mass is 10.2. The molecule has 0 saturated heterocycles. The summed E-state index contributed by atoms with van der Waals surface area (Å²) in [6, 6.07) is 7.15. The summed E-state index contributed by atoms with van der Waals surface area (Å²) in [6.07, 6.45) is 0. The van der Waals surface area contributed by atoms with Crippen molar-refractivity contribution in [2.45, 2.75) is 6.92 Å². The van der Waals surface area contributed by atoms with Crippen molar-refractivity contribution in [2.75, 3.05) is 0 Å². The summed E-state index contributed by atoms with van der Waals surface area (Å²) in [4.78, 5) is 0. The lowest BCUT2D eigenvalue weighted by Gasteiger charge is -1.89. The highest BCUT2D eigenvalue weighted by atomic mass is 16.3. The van der Waals surface area contributed by atoms with Gasteiger partial charge in [0, 0.05) is 0 Å². The molecule has 10 heavy (non-hydrogen) atoms. The summed E-state index contributed by atoms with van der Waals surface area (Å²) in [5.74, 6) is 8.34. The van der Waals surface area contributed by atoms with Gasteiger partial charge in [-0.15, -0.1) is 0 Å². The summed E-state index contributed by atoms with van der Waals surface area (Å²) in [5, 5.41) is 8.81. The summed E-state index contributed by atoms with van der Waals surface area (Å²) in [5.41, 5.74) is 1.09. The van der Waals surface area contributed by atoms with Crippen LogP contribution in [0.5, 0.6) is 5.75 Å². The molecule has 0 atom stereocenters. The van der Waals surface area contributed by atoms with Crippen molar-refractivity contribution in [1.29, 1.82) is 0 Å². The van der Waals surface area contributed by atoms with Gasteiger partial charge in [0.1, 0.15) is 5.75 Å². The Morgan fingerprint density at radius 1 is 1.30 bits per heavy atom. The second kappa shape index (κ2) is 4.78. The summed E-state index contributed by atoms with van der Waals surface area (Å²) < 4.78 is 0. The molecule has 0 spiro atoms. The molecule has 0 bridgehead atoms. The Hall–Kier alpha value is -1.06. The zero-order valence-corrected chi connectivity index (χ0v) is 5.91. The first-order valence-electron chi connectivity index (χ1n) is 2.88. The second-order valence-corrected chi connectivity index (χ2v) is 1.84. The van der Waals surface area contributed by atoms with Gasteiger partial charge >= 0.3 is 0 Å². The predicted octanol–water partition coefficient (Wildman–Crippen LogP) is 0.519. The van der Waals surface area contributed by atoms with Crippen LogP contribution in [0.4, 0.5) is 0 Å². The van der Waals surface area contributed by atoms with Crippen molar-refractivity contribution >= 4 is 0 Å². The first-order chi connectivity index (χ1) is 4.79. The average Bonchev–Trinajstić information content (AvgIpc) is 1.91. The van der Waals surface area contributed by atoms with Crippen LogP contribution in [0.25, 0.3) is 0 Å². The number of hydrazine groups is 1. The Bertz CT molecular complexity index is 171. The number of hydrogen-bond donors (Lipinski definition) is 3. The molecule has 0 fully saturated rings. The average molecular weight is 140 g/mol. The molecule has 3 heteroatoms. The normalized spacial score (nSPS) is 7.90. The topological polar surface area (TPSA) is 72.3 Å². The fourth-order valence-corrected chi connectivity index (χ4v) is 0.628. The molecule has 0 saturated carbocycles. The zero-order valence-electron chi connectivity index (χ0n) is 5.91. The Kier molecular flexibility index (Phi) is 4.28. The Labute approximate surface area is 60.2 Å². The minimum Gasteiger partial charge on any atom is -0.508 e. The van der Waals surface area contributed by atoms with Crippen LogP contribution >= 0.6 is 0 Å². The van der Waals surface area contributed by atoms with E-state index in [2.05, 4.69) is 11.7 Å². The molecule has 1 aromatic carbocycles. The molecule has 56 valence electrons. The van der Waals surface area contributed by atoms with E-state index in [-0.39, 0.29) is 0 Å². The second-order valence-electron chi connectivity index (χ2n) is 1.84. The minimum absolute atomic E-state index is 0.338. The predicted molar refractivity (Wildman–Crippen MR) is 41.2 cm³/mol. The van der Waals surface area contributed by atoms with Gasteiger partial charge in [-0.25, -0.2) is 0 Å². The van der Waals surface area contributed by atoms with Crippen molar-refractivity contribution in [1.82, 2.24) is 0 Å². The highest BCUT2D eigenvalue weighted by Gasteiger charge is 1.83. The number of phenolic OH excluding ortho intramolecular Hbond substituents is 1. The number of phenols is 1. The maximum Gasteiger partial charge on any atom is 0.115 e. The van der Waals surface area contributed by atoms with Crippen molar-refractivity contribution in [3.63, 3.8) is 0 Å². The first kappa shape index (κ1) is 8.94. The molecule has 0 radical (unpaired) electrons. The molecule has 0 aliphatic rings. The number of nitrogens with two attached hydrogens (primary N) is 2. The van der Waals surface area contributed by atoms with Crippen molar-refractivity contribution in [3.8, 4) is 5.75 Å². The fourth-order valence-electron chi connectivity index (χ4n) is 0.628. The molecular weight excluding hydrogens is 128 g/mol. The third-order valence-electron chi connectivity index (χ3n) is 1.00. The van der Waals surface area contributed by atoms with E-state index in [1.807, 2.05) is 19.1 Å². The third-order valence-corrected chi connectivity index (χ3v) is 1.00. The summed E-state index contributed by atoms with van der Waals surface area (Å²) in [6.45, 7) is 1.94. The summed E-state index contributed by atoms with van der Waals surface area (Å²) >= 11 is 0. The lowest BCUT2D eigenvalue weighted by molar-refractivity contribution is 0.475. The van der Waals surface area contributed by atoms with E-state index in [1.165, 1.54) is 0 Å². The highest BCUT2D eigenvalue weighted by Crippen LogP contribution is 2.08. The van der Waals surface area contributed by atoms with Crippen molar-refractivity contribution in [2.24, 2.45) is 11.7 Å². The molecule has 3 nitrogen and oxygen atoms in total. The summed E-state index contributed by atoms with van der Waals surface area (Å²) in [7, 11) is 0. The Morgan fingerprint density at radius 2 is 1.90 bits per heavy atom. The number of rotatable bonds is 0. The molecule has 0 aliphatic carbocycles. The Balaban J connectivity index is 0.000000371. The van der Waals surface area contributed by atoms with Crippen molar-refractivity contribution < 1.29 is 5.11 Å². The van der Waals surface area contributed by atoms with E-state index < -0.39 is 0 Å². The van der Waals surface area contributed by atoms with Crippen molar-refractivity contribution in [3.05, 3.63) is 29.8 Å². The van der Waals surface area contributed by atoms with Crippen LogP contribution in [0.3, 0.4) is 0 Å². The van der Waals surface area contributed by atoms with Gasteiger partial charge in [-0.1, -0.05) is 12.1 Å². The first-order valence-corrected chi connectivity index (χ1v) is 2.88. The van der Waals surface area contributed by atoms with Crippen LogP contribution < -0.4 is 11.7 Å². The zero-order chi connectivity index (χ0) is 7.98. The molecule has 1 aromatic rings. The van der Waals surface area contributed by atoms with Gasteiger partial charge in [0.2, 0.25) is 0 Å². The SMILES string of the molecule is Cc1cccc(O)c1.NN. The largest absolute Gasteiger partial charge is 0.508 e. The molecule has 0 aliphatic heterocycles. The number of aromatic hydroxyl groups is 1. The third kappa shape index (κ3) is 3.06. The maximum atomic E-state index is 8.81. The molecule has 0 amide bonds. The van der Waals surface area contributed by atoms with E-state index >= 15 is 0 Å². The molecule has 0 heterocycles. The van der Waals surface area contributed by atoms with Gasteiger partial charge in [0.05, 0.1) is 0 Å².